The zero-order valence-corrected chi connectivity index (χ0v) is 18.7. The highest BCUT2D eigenvalue weighted by atomic mass is 16.1. The molecule has 6 heteroatoms. The second kappa shape index (κ2) is 9.06. The van der Waals surface area contributed by atoms with Crippen molar-refractivity contribution in [1.82, 2.24) is 15.0 Å². The Hall–Kier alpha value is -3.93. The molecule has 0 saturated carbocycles. The van der Waals surface area contributed by atoms with Gasteiger partial charge in [0.05, 0.1) is 11.4 Å². The maximum atomic E-state index is 12.4. The standard InChI is InChI=1S/C26H27N5O/c1-16-9-8-10-20(23(16)19(4)32)13-22(31-21-11-6-5-7-12-21)18(3)30-26-24-17(2)14-27-25(24)28-15-29-26/h5-15,18,31H,1-4H3,(H2,27,28,29,30)/b22-13-/t18-/m0/s1. The summed E-state index contributed by atoms with van der Waals surface area (Å²) in [5.41, 5.74) is 6.35. The second-order valence-corrected chi connectivity index (χ2v) is 7.97. The molecule has 6 nitrogen and oxygen atoms in total. The van der Waals surface area contributed by atoms with Gasteiger partial charge in [-0.25, -0.2) is 9.97 Å². The Kier molecular flexibility index (Phi) is 6.03. The number of aromatic amines is 1. The van der Waals surface area contributed by atoms with Gasteiger partial charge in [-0.2, -0.15) is 0 Å². The van der Waals surface area contributed by atoms with Crippen LogP contribution in [0.25, 0.3) is 17.1 Å². The molecule has 4 aromatic rings. The maximum absolute atomic E-state index is 12.4. The van der Waals surface area contributed by atoms with Crippen molar-refractivity contribution in [3.8, 4) is 0 Å². The average Bonchev–Trinajstić information content (AvgIpc) is 3.15. The van der Waals surface area contributed by atoms with E-state index in [1.807, 2.05) is 74.7 Å². The van der Waals surface area contributed by atoms with Crippen LogP contribution in [0.15, 0.2) is 66.8 Å². The number of carbonyl (C=O) groups is 1. The Morgan fingerprint density at radius 1 is 1.03 bits per heavy atom. The summed E-state index contributed by atoms with van der Waals surface area (Å²) >= 11 is 0. The molecule has 0 aliphatic rings. The van der Waals surface area contributed by atoms with Crippen LogP contribution in [0.3, 0.4) is 0 Å². The molecular weight excluding hydrogens is 398 g/mol. The van der Waals surface area contributed by atoms with Gasteiger partial charge in [0.15, 0.2) is 5.78 Å². The Morgan fingerprint density at radius 2 is 1.81 bits per heavy atom. The summed E-state index contributed by atoms with van der Waals surface area (Å²) in [4.78, 5) is 24.3. The third-order valence-corrected chi connectivity index (χ3v) is 5.52. The van der Waals surface area contributed by atoms with Gasteiger partial charge in [0, 0.05) is 23.1 Å². The number of ketones is 1. The summed E-state index contributed by atoms with van der Waals surface area (Å²) < 4.78 is 0. The number of nitrogens with zero attached hydrogens (tertiary/aromatic N) is 2. The number of anilines is 2. The van der Waals surface area contributed by atoms with Gasteiger partial charge in [-0.15, -0.1) is 0 Å². The number of rotatable bonds is 7. The molecule has 2 aromatic heterocycles. The monoisotopic (exact) mass is 425 g/mol. The highest BCUT2D eigenvalue weighted by molar-refractivity contribution is 5.99. The predicted molar refractivity (Wildman–Crippen MR) is 131 cm³/mol. The van der Waals surface area contributed by atoms with Crippen molar-refractivity contribution in [2.24, 2.45) is 0 Å². The van der Waals surface area contributed by atoms with Gasteiger partial charge in [-0.05, 0) is 62.6 Å². The van der Waals surface area contributed by atoms with Crippen LogP contribution in [0.4, 0.5) is 11.5 Å². The molecule has 0 aliphatic heterocycles. The fraction of sp³-hybridized carbons (Fsp3) is 0.192. The average molecular weight is 426 g/mol. The van der Waals surface area contributed by atoms with Crippen LogP contribution in [0.5, 0.6) is 0 Å². The molecule has 0 amide bonds. The molecule has 2 heterocycles. The number of nitrogens with one attached hydrogen (secondary N) is 3. The number of aromatic nitrogens is 3. The molecule has 0 spiro atoms. The molecule has 0 bridgehead atoms. The van der Waals surface area contributed by atoms with E-state index in [0.717, 1.165) is 50.5 Å². The number of hydrogen-bond acceptors (Lipinski definition) is 5. The van der Waals surface area contributed by atoms with Gasteiger partial charge >= 0.3 is 0 Å². The van der Waals surface area contributed by atoms with E-state index in [-0.39, 0.29) is 11.8 Å². The lowest BCUT2D eigenvalue weighted by Gasteiger charge is -2.21. The van der Waals surface area contributed by atoms with E-state index in [1.165, 1.54) is 0 Å². The molecule has 162 valence electrons. The predicted octanol–water partition coefficient (Wildman–Crippen LogP) is 5.73. The van der Waals surface area contributed by atoms with Crippen LogP contribution in [0, 0.1) is 13.8 Å². The molecule has 0 radical (unpaired) electrons. The maximum Gasteiger partial charge on any atom is 0.160 e. The van der Waals surface area contributed by atoms with E-state index in [4.69, 9.17) is 0 Å². The third-order valence-electron chi connectivity index (χ3n) is 5.52. The molecule has 0 unspecified atom stereocenters. The number of Topliss-reactive ketones (excluding diaryl/α,β-unsaturated/α-hetero) is 1. The highest BCUT2D eigenvalue weighted by Gasteiger charge is 2.16. The minimum Gasteiger partial charge on any atom is -0.361 e. The molecule has 4 rings (SSSR count). The van der Waals surface area contributed by atoms with Crippen LogP contribution in [-0.2, 0) is 0 Å². The Balaban J connectivity index is 1.76. The van der Waals surface area contributed by atoms with Crippen molar-refractivity contribution in [2.75, 3.05) is 10.6 Å². The SMILES string of the molecule is CC(=O)c1c(C)cccc1/C=C(\Nc1ccccc1)[C@H](C)Nc1ncnc2[nH]cc(C)c12. The molecule has 32 heavy (non-hydrogen) atoms. The molecular formula is C26H27N5O. The second-order valence-electron chi connectivity index (χ2n) is 7.97. The molecule has 2 aromatic carbocycles. The zero-order valence-electron chi connectivity index (χ0n) is 18.7. The van der Waals surface area contributed by atoms with E-state index < -0.39 is 0 Å². The molecule has 0 saturated heterocycles. The van der Waals surface area contributed by atoms with E-state index in [9.17, 15) is 4.79 Å². The van der Waals surface area contributed by atoms with Crippen molar-refractivity contribution in [2.45, 2.75) is 33.7 Å². The Morgan fingerprint density at radius 3 is 2.56 bits per heavy atom. The van der Waals surface area contributed by atoms with E-state index in [0.29, 0.717) is 0 Å². The van der Waals surface area contributed by atoms with Gasteiger partial charge in [0.2, 0.25) is 0 Å². The van der Waals surface area contributed by atoms with Crippen molar-refractivity contribution >= 4 is 34.4 Å². The first-order chi connectivity index (χ1) is 15.4. The smallest absolute Gasteiger partial charge is 0.160 e. The van der Waals surface area contributed by atoms with E-state index in [2.05, 4.69) is 32.5 Å². The quantitative estimate of drug-likeness (QED) is 0.329. The lowest BCUT2D eigenvalue weighted by atomic mass is 9.97. The lowest BCUT2D eigenvalue weighted by Crippen LogP contribution is -2.24. The van der Waals surface area contributed by atoms with Gasteiger partial charge in [-0.3, -0.25) is 4.79 Å². The van der Waals surface area contributed by atoms with Gasteiger partial charge in [-0.1, -0.05) is 36.4 Å². The van der Waals surface area contributed by atoms with Crippen molar-refractivity contribution < 1.29 is 4.79 Å². The number of fused-ring (bicyclic) bond motifs is 1. The summed E-state index contributed by atoms with van der Waals surface area (Å²) in [6, 6.07) is 15.8. The molecule has 3 N–H and O–H groups in total. The molecule has 0 aliphatic carbocycles. The minimum absolute atomic E-state index is 0.0504. The van der Waals surface area contributed by atoms with Crippen LogP contribution in [-0.4, -0.2) is 26.8 Å². The normalized spacial score (nSPS) is 12.6. The fourth-order valence-corrected chi connectivity index (χ4v) is 3.93. The third kappa shape index (κ3) is 4.39. The van der Waals surface area contributed by atoms with Crippen LogP contribution in [0.1, 0.15) is 40.9 Å². The van der Waals surface area contributed by atoms with Gasteiger partial charge in [0.1, 0.15) is 17.8 Å². The number of aryl methyl sites for hydroxylation is 2. The zero-order chi connectivity index (χ0) is 22.7. The van der Waals surface area contributed by atoms with Crippen LogP contribution < -0.4 is 10.6 Å². The van der Waals surface area contributed by atoms with Crippen molar-refractivity contribution in [3.63, 3.8) is 0 Å². The highest BCUT2D eigenvalue weighted by Crippen LogP contribution is 2.26. The summed E-state index contributed by atoms with van der Waals surface area (Å²) in [5.74, 6) is 0.813. The number of para-hydroxylation sites is 1. The minimum atomic E-state index is -0.122. The first-order valence-corrected chi connectivity index (χ1v) is 10.6. The topological polar surface area (TPSA) is 82.7 Å². The first kappa shape index (κ1) is 21.3. The van der Waals surface area contributed by atoms with E-state index in [1.54, 1.807) is 13.3 Å². The van der Waals surface area contributed by atoms with Gasteiger partial charge < -0.3 is 15.6 Å². The molecule has 0 fully saturated rings. The fourth-order valence-electron chi connectivity index (χ4n) is 3.93. The summed E-state index contributed by atoms with van der Waals surface area (Å²) in [6.07, 6.45) is 5.52. The number of carbonyl (C=O) groups excluding carboxylic acids is 1. The first-order valence-electron chi connectivity index (χ1n) is 10.6. The van der Waals surface area contributed by atoms with Gasteiger partial charge in [0.25, 0.3) is 0 Å². The molecule has 1 atom stereocenters. The summed E-state index contributed by atoms with van der Waals surface area (Å²) in [6.45, 7) is 7.67. The summed E-state index contributed by atoms with van der Waals surface area (Å²) in [5, 5.41) is 8.03. The number of benzene rings is 2. The lowest BCUT2D eigenvalue weighted by molar-refractivity contribution is 0.101. The number of hydrogen-bond donors (Lipinski definition) is 3. The Bertz CT molecular complexity index is 1290. The van der Waals surface area contributed by atoms with E-state index >= 15 is 0 Å². The van der Waals surface area contributed by atoms with Crippen molar-refractivity contribution in [3.05, 3.63) is 89.0 Å². The number of H-pyrrole nitrogens is 1. The summed E-state index contributed by atoms with van der Waals surface area (Å²) in [7, 11) is 0. The van der Waals surface area contributed by atoms with Crippen LogP contribution >= 0.6 is 0 Å². The van der Waals surface area contributed by atoms with Crippen LogP contribution in [0.2, 0.25) is 0 Å². The largest absolute Gasteiger partial charge is 0.361 e. The van der Waals surface area contributed by atoms with Crippen molar-refractivity contribution in [1.29, 1.82) is 0 Å². The Labute approximate surface area is 187 Å².